The third-order valence-corrected chi connectivity index (χ3v) is 5.11. The summed E-state index contributed by atoms with van der Waals surface area (Å²) in [5, 5.41) is 8.72. The molecular weight excluding hydrogens is 370 g/mol. The minimum Gasteiger partial charge on any atom is -0.308 e. The molecule has 0 saturated heterocycles. The largest absolute Gasteiger partial charge is 0.308 e. The van der Waals surface area contributed by atoms with Crippen molar-refractivity contribution in [3.63, 3.8) is 0 Å². The Morgan fingerprint density at radius 2 is 2.05 bits per heavy atom. The minimum absolute atomic E-state index is 0.257. The molecule has 0 aliphatic rings. The first kappa shape index (κ1) is 16.9. The molecule has 0 radical (unpaired) electrons. The first-order valence-electron chi connectivity index (χ1n) is 6.98. The van der Waals surface area contributed by atoms with E-state index in [4.69, 9.17) is 11.6 Å². The lowest BCUT2D eigenvalue weighted by Gasteiger charge is -2.19. The number of halogens is 2. The predicted octanol–water partition coefficient (Wildman–Crippen LogP) is 4.76. The Kier molecular flexibility index (Phi) is 6.61. The Hall–Kier alpha value is -0.490. The van der Waals surface area contributed by atoms with Crippen LogP contribution in [0.1, 0.15) is 25.6 Å². The molecule has 0 aliphatic heterocycles. The van der Waals surface area contributed by atoms with Crippen LogP contribution in [0.2, 0.25) is 5.02 Å². The molecular formula is C15H19BrClN3S. The lowest BCUT2D eigenvalue weighted by Crippen LogP contribution is -2.26. The molecule has 6 heteroatoms. The third-order valence-electron chi connectivity index (χ3n) is 3.14. The van der Waals surface area contributed by atoms with Crippen LogP contribution >= 0.6 is 39.3 Å². The lowest BCUT2D eigenvalue weighted by molar-refractivity contribution is 0.525. The van der Waals surface area contributed by atoms with Crippen LogP contribution in [0, 0.1) is 0 Å². The Labute approximate surface area is 143 Å². The topological polar surface area (TPSA) is 29.9 Å². The molecule has 0 spiro atoms. The average molecular weight is 389 g/mol. The van der Waals surface area contributed by atoms with Crippen molar-refractivity contribution in [3.8, 4) is 0 Å². The van der Waals surface area contributed by atoms with Crippen molar-refractivity contribution in [1.82, 2.24) is 15.1 Å². The summed E-state index contributed by atoms with van der Waals surface area (Å²) in [7, 11) is 0. The number of thioether (sulfide) groups is 1. The third kappa shape index (κ3) is 4.49. The first-order chi connectivity index (χ1) is 10.2. The van der Waals surface area contributed by atoms with Crippen molar-refractivity contribution in [2.75, 3.05) is 12.3 Å². The van der Waals surface area contributed by atoms with Crippen LogP contribution in [-0.2, 0) is 6.54 Å². The van der Waals surface area contributed by atoms with Gasteiger partial charge in [0.25, 0.3) is 0 Å². The summed E-state index contributed by atoms with van der Waals surface area (Å²) in [6, 6.07) is 8.23. The van der Waals surface area contributed by atoms with Crippen LogP contribution < -0.4 is 5.32 Å². The fraction of sp³-hybridized carbons (Fsp3) is 0.400. The molecule has 1 aromatic carbocycles. The zero-order valence-corrected chi connectivity index (χ0v) is 15.3. The molecule has 0 fully saturated rings. The number of aryl methyl sites for hydroxylation is 1. The van der Waals surface area contributed by atoms with E-state index in [2.05, 4.69) is 52.3 Å². The molecule has 114 valence electrons. The number of aromatic nitrogens is 2. The number of nitrogens with zero attached hydrogens (tertiary/aromatic N) is 2. The van der Waals surface area contributed by atoms with E-state index >= 15 is 0 Å². The molecule has 1 N–H and O–H groups in total. The van der Waals surface area contributed by atoms with Crippen LogP contribution in [0.25, 0.3) is 0 Å². The standard InChI is InChI=1S/C15H19BrClN3S/c1-3-18-14(15-13(16)9-19-20(15)4-2)10-21-12-7-5-11(17)6-8-12/h5-9,14,18H,3-4,10H2,1-2H3. The van der Waals surface area contributed by atoms with Crippen molar-refractivity contribution in [3.05, 3.63) is 45.7 Å². The molecule has 3 nitrogen and oxygen atoms in total. The highest BCUT2D eigenvalue weighted by atomic mass is 79.9. The van der Waals surface area contributed by atoms with E-state index in [1.165, 1.54) is 10.6 Å². The fourth-order valence-electron chi connectivity index (χ4n) is 2.16. The summed E-state index contributed by atoms with van der Waals surface area (Å²) < 4.78 is 3.10. The van der Waals surface area contributed by atoms with Crippen LogP contribution in [-0.4, -0.2) is 22.1 Å². The molecule has 2 aromatic rings. The van der Waals surface area contributed by atoms with Crippen molar-refractivity contribution >= 4 is 39.3 Å². The van der Waals surface area contributed by atoms with Crippen molar-refractivity contribution in [1.29, 1.82) is 0 Å². The van der Waals surface area contributed by atoms with Gasteiger partial charge in [0.05, 0.1) is 22.4 Å². The summed E-state index contributed by atoms with van der Waals surface area (Å²) in [6.07, 6.45) is 1.87. The van der Waals surface area contributed by atoms with Gasteiger partial charge in [0.1, 0.15) is 0 Å². The highest BCUT2D eigenvalue weighted by Gasteiger charge is 2.19. The molecule has 2 rings (SSSR count). The van der Waals surface area contributed by atoms with E-state index in [9.17, 15) is 0 Å². The highest BCUT2D eigenvalue weighted by molar-refractivity contribution is 9.10. The van der Waals surface area contributed by atoms with Crippen LogP contribution in [0.15, 0.2) is 39.8 Å². The summed E-state index contributed by atoms with van der Waals surface area (Å²) in [6.45, 7) is 6.03. The molecule has 0 aliphatic carbocycles. The molecule has 0 bridgehead atoms. The van der Waals surface area contributed by atoms with Gasteiger partial charge >= 0.3 is 0 Å². The van der Waals surface area contributed by atoms with Gasteiger partial charge in [-0.3, -0.25) is 4.68 Å². The van der Waals surface area contributed by atoms with Crippen LogP contribution in [0.4, 0.5) is 0 Å². The van der Waals surface area contributed by atoms with Gasteiger partial charge in [-0.1, -0.05) is 18.5 Å². The van der Waals surface area contributed by atoms with Gasteiger partial charge in [-0.2, -0.15) is 5.10 Å². The summed E-state index contributed by atoms with van der Waals surface area (Å²) in [5.41, 5.74) is 1.21. The maximum absolute atomic E-state index is 5.93. The smallest absolute Gasteiger partial charge is 0.0704 e. The maximum atomic E-state index is 5.93. The SMILES string of the molecule is CCNC(CSc1ccc(Cl)cc1)c1c(Br)cnn1CC. The number of hydrogen-bond acceptors (Lipinski definition) is 3. The highest BCUT2D eigenvalue weighted by Crippen LogP contribution is 2.29. The number of benzene rings is 1. The van der Waals surface area contributed by atoms with Gasteiger partial charge in [0.2, 0.25) is 0 Å². The van der Waals surface area contributed by atoms with Crippen LogP contribution in [0.3, 0.4) is 0 Å². The minimum atomic E-state index is 0.257. The number of rotatable bonds is 7. The van der Waals surface area contributed by atoms with E-state index in [1.54, 1.807) is 0 Å². The fourth-order valence-corrected chi connectivity index (χ4v) is 3.82. The molecule has 1 aromatic heterocycles. The van der Waals surface area contributed by atoms with Gasteiger partial charge in [-0.25, -0.2) is 0 Å². The second-order valence-electron chi connectivity index (χ2n) is 4.57. The quantitative estimate of drug-likeness (QED) is 0.693. The molecule has 1 heterocycles. The molecule has 0 amide bonds. The van der Waals surface area contributed by atoms with E-state index in [0.29, 0.717) is 0 Å². The Morgan fingerprint density at radius 1 is 1.33 bits per heavy atom. The van der Waals surface area contributed by atoms with Crippen molar-refractivity contribution in [2.24, 2.45) is 0 Å². The number of hydrogen-bond donors (Lipinski definition) is 1. The normalized spacial score (nSPS) is 12.6. The zero-order chi connectivity index (χ0) is 15.2. The average Bonchev–Trinajstić information content (AvgIpc) is 2.86. The molecule has 0 saturated carbocycles. The van der Waals surface area contributed by atoms with Crippen molar-refractivity contribution < 1.29 is 0 Å². The zero-order valence-electron chi connectivity index (χ0n) is 12.1. The van der Waals surface area contributed by atoms with Crippen molar-refractivity contribution in [2.45, 2.75) is 31.3 Å². The van der Waals surface area contributed by atoms with Gasteiger partial charge in [-0.15, -0.1) is 11.8 Å². The van der Waals surface area contributed by atoms with Gasteiger partial charge in [0, 0.05) is 22.2 Å². The van der Waals surface area contributed by atoms with E-state index < -0.39 is 0 Å². The summed E-state index contributed by atoms with van der Waals surface area (Å²) >= 11 is 11.4. The maximum Gasteiger partial charge on any atom is 0.0704 e. The monoisotopic (exact) mass is 387 g/mol. The second-order valence-corrected chi connectivity index (χ2v) is 6.95. The Balaban J connectivity index is 2.11. The Morgan fingerprint density at radius 3 is 2.67 bits per heavy atom. The first-order valence-corrected chi connectivity index (χ1v) is 9.14. The number of nitrogens with one attached hydrogen (secondary N) is 1. The molecule has 1 unspecified atom stereocenters. The Bertz CT molecular complexity index is 571. The van der Waals surface area contributed by atoms with Gasteiger partial charge < -0.3 is 5.32 Å². The molecule has 21 heavy (non-hydrogen) atoms. The van der Waals surface area contributed by atoms with Gasteiger partial charge in [-0.05, 0) is 53.7 Å². The van der Waals surface area contributed by atoms with E-state index in [1.807, 2.05) is 34.8 Å². The lowest BCUT2D eigenvalue weighted by atomic mass is 10.2. The van der Waals surface area contributed by atoms with E-state index in [0.717, 1.165) is 28.3 Å². The van der Waals surface area contributed by atoms with E-state index in [-0.39, 0.29) is 6.04 Å². The van der Waals surface area contributed by atoms with Crippen LogP contribution in [0.5, 0.6) is 0 Å². The second kappa shape index (κ2) is 8.22. The van der Waals surface area contributed by atoms with Gasteiger partial charge in [0.15, 0.2) is 0 Å². The summed E-state index contributed by atoms with van der Waals surface area (Å²) in [4.78, 5) is 1.22. The summed E-state index contributed by atoms with van der Waals surface area (Å²) in [5.74, 6) is 0.944. The predicted molar refractivity (Wildman–Crippen MR) is 94.2 cm³/mol. The molecule has 1 atom stereocenters.